The van der Waals surface area contributed by atoms with Crippen molar-refractivity contribution in [2.24, 2.45) is 5.92 Å². The van der Waals surface area contributed by atoms with Crippen molar-refractivity contribution in [2.45, 2.75) is 57.6 Å². The van der Waals surface area contributed by atoms with Crippen LogP contribution in [0.25, 0.3) is 20.8 Å². The molecule has 3 aromatic heterocycles. The maximum atomic E-state index is 14.2. The molecule has 1 aliphatic carbocycles. The number of aliphatic hydroxyl groups excluding tert-OH is 1. The molecule has 5 rings (SSSR count). The molecule has 1 fully saturated rings. The summed E-state index contributed by atoms with van der Waals surface area (Å²) in [6.07, 6.45) is 0.741. The van der Waals surface area contributed by atoms with Crippen LogP contribution in [0.1, 0.15) is 37.9 Å². The Bertz CT molecular complexity index is 1520. The molecule has 206 valence electrons. The van der Waals surface area contributed by atoms with Crippen LogP contribution in [0, 0.1) is 24.5 Å². The van der Waals surface area contributed by atoms with Gasteiger partial charge in [0.2, 0.25) is 5.95 Å². The number of fused-ring (bicyclic) bond motifs is 1. The topological polar surface area (TPSA) is 162 Å². The molecular formula is C26H29F2N7O3S. The Morgan fingerprint density at radius 1 is 1.18 bits per heavy atom. The van der Waals surface area contributed by atoms with Gasteiger partial charge < -0.3 is 31.7 Å². The summed E-state index contributed by atoms with van der Waals surface area (Å²) in [6.45, 7) is 4.64. The molecule has 4 aromatic rings. The summed E-state index contributed by atoms with van der Waals surface area (Å²) in [5, 5.41) is 39.3. The van der Waals surface area contributed by atoms with Crippen LogP contribution in [0.15, 0.2) is 30.5 Å². The maximum Gasteiger partial charge on any atom is 0.225 e. The number of aromatic nitrogens is 4. The van der Waals surface area contributed by atoms with Crippen molar-refractivity contribution in [1.82, 2.24) is 19.9 Å². The first-order valence-corrected chi connectivity index (χ1v) is 13.2. The van der Waals surface area contributed by atoms with Gasteiger partial charge >= 0.3 is 0 Å². The van der Waals surface area contributed by atoms with Gasteiger partial charge in [0.15, 0.2) is 11.5 Å². The number of aryl methyl sites for hydroxylation is 1. The van der Waals surface area contributed by atoms with Gasteiger partial charge in [0.25, 0.3) is 0 Å². The molecule has 39 heavy (non-hydrogen) atoms. The summed E-state index contributed by atoms with van der Waals surface area (Å²) in [6, 6.07) is 5.37. The summed E-state index contributed by atoms with van der Waals surface area (Å²) in [5.74, 6) is -1.59. The number of anilines is 3. The van der Waals surface area contributed by atoms with Crippen molar-refractivity contribution >= 4 is 39.1 Å². The number of aliphatic hydroxyl groups is 3. The highest BCUT2D eigenvalue weighted by atomic mass is 32.1. The zero-order valence-corrected chi connectivity index (χ0v) is 22.4. The number of thiazole rings is 1. The highest BCUT2D eigenvalue weighted by Crippen LogP contribution is 2.43. The fourth-order valence-corrected chi connectivity index (χ4v) is 6.01. The van der Waals surface area contributed by atoms with Crippen LogP contribution in [0.2, 0.25) is 0 Å². The third-order valence-corrected chi connectivity index (χ3v) is 8.11. The normalized spacial score (nSPS) is 21.4. The first-order chi connectivity index (χ1) is 18.4. The lowest BCUT2D eigenvalue weighted by molar-refractivity contribution is -0.0926. The van der Waals surface area contributed by atoms with Crippen LogP contribution in [0.5, 0.6) is 0 Å². The molecule has 3 unspecified atom stereocenters. The van der Waals surface area contributed by atoms with Crippen molar-refractivity contribution in [3.8, 4) is 10.6 Å². The molecular weight excluding hydrogens is 528 g/mol. The molecule has 0 bridgehead atoms. The summed E-state index contributed by atoms with van der Waals surface area (Å²) in [5.41, 5.74) is 4.18. The SMILES string of the molecule is Cc1nc(NCc2c(F)cccc2F)nc(NC2(O)CCC(C(C)(C)O)C2O)c1-c1nc2c(N)nccc2s1. The van der Waals surface area contributed by atoms with Crippen molar-refractivity contribution in [2.75, 3.05) is 16.4 Å². The second-order valence-electron chi connectivity index (χ2n) is 10.3. The molecule has 0 amide bonds. The predicted octanol–water partition coefficient (Wildman–Crippen LogP) is 3.57. The van der Waals surface area contributed by atoms with E-state index in [1.807, 2.05) is 0 Å². The monoisotopic (exact) mass is 557 g/mol. The van der Waals surface area contributed by atoms with Gasteiger partial charge in [-0.15, -0.1) is 11.3 Å². The van der Waals surface area contributed by atoms with Crippen LogP contribution < -0.4 is 16.4 Å². The van der Waals surface area contributed by atoms with E-state index in [0.717, 1.165) is 16.8 Å². The molecule has 3 heterocycles. The lowest BCUT2D eigenvalue weighted by Gasteiger charge is -2.34. The van der Waals surface area contributed by atoms with E-state index in [1.54, 1.807) is 33.0 Å². The average Bonchev–Trinajstić information content (AvgIpc) is 3.40. The van der Waals surface area contributed by atoms with Gasteiger partial charge in [0, 0.05) is 24.2 Å². The van der Waals surface area contributed by atoms with E-state index in [1.165, 1.54) is 17.4 Å². The lowest BCUT2D eigenvalue weighted by atomic mass is 9.87. The lowest BCUT2D eigenvalue weighted by Crippen LogP contribution is -2.51. The molecule has 7 N–H and O–H groups in total. The van der Waals surface area contributed by atoms with Crippen LogP contribution in [-0.2, 0) is 6.54 Å². The highest BCUT2D eigenvalue weighted by Gasteiger charge is 2.52. The molecule has 1 aromatic carbocycles. The van der Waals surface area contributed by atoms with Crippen LogP contribution in [0.3, 0.4) is 0 Å². The number of nitrogen functional groups attached to an aromatic ring is 1. The van der Waals surface area contributed by atoms with Crippen LogP contribution in [-0.4, -0.2) is 52.7 Å². The van der Waals surface area contributed by atoms with Gasteiger partial charge in [-0.3, -0.25) is 0 Å². The van der Waals surface area contributed by atoms with E-state index in [2.05, 4.69) is 30.6 Å². The molecule has 13 heteroatoms. The van der Waals surface area contributed by atoms with Gasteiger partial charge in [0.1, 0.15) is 34.1 Å². The molecule has 1 saturated carbocycles. The van der Waals surface area contributed by atoms with Gasteiger partial charge in [0.05, 0.1) is 21.6 Å². The first kappa shape index (κ1) is 27.1. The molecule has 0 aliphatic heterocycles. The van der Waals surface area contributed by atoms with Gasteiger partial charge in [-0.2, -0.15) is 4.98 Å². The number of nitrogens with one attached hydrogen (secondary N) is 2. The number of hydrogen-bond donors (Lipinski definition) is 6. The maximum absolute atomic E-state index is 14.2. The Labute approximate surface area is 227 Å². The van der Waals surface area contributed by atoms with Crippen molar-refractivity contribution in [1.29, 1.82) is 0 Å². The third kappa shape index (κ3) is 5.10. The van der Waals surface area contributed by atoms with E-state index in [4.69, 9.17) is 5.73 Å². The quantitative estimate of drug-likeness (QED) is 0.185. The Morgan fingerprint density at radius 3 is 2.54 bits per heavy atom. The summed E-state index contributed by atoms with van der Waals surface area (Å²) >= 11 is 1.32. The molecule has 10 nitrogen and oxygen atoms in total. The largest absolute Gasteiger partial charge is 0.390 e. The van der Waals surface area contributed by atoms with Crippen LogP contribution in [0.4, 0.5) is 26.4 Å². The number of nitrogens with zero attached hydrogens (tertiary/aromatic N) is 4. The number of benzene rings is 1. The number of rotatable bonds is 7. The summed E-state index contributed by atoms with van der Waals surface area (Å²) < 4.78 is 29.2. The standard InChI is InChI=1S/C26H29F2N7O3S/c1-12-18(23-33-19-17(39-23)8-10-30-21(19)29)22(35-26(38)9-7-14(20(26)36)25(2,3)37)34-24(32-12)31-11-13-15(27)5-4-6-16(13)28/h4-6,8,10,14,20,36-38H,7,9,11H2,1-3H3,(H2,29,30)(H2,31,32,34,35). The number of pyridine rings is 1. The van der Waals surface area contributed by atoms with E-state index < -0.39 is 35.0 Å². The van der Waals surface area contributed by atoms with E-state index in [0.29, 0.717) is 28.2 Å². The van der Waals surface area contributed by atoms with Crippen molar-refractivity contribution in [3.63, 3.8) is 0 Å². The predicted molar refractivity (Wildman–Crippen MR) is 145 cm³/mol. The number of halogens is 2. The smallest absolute Gasteiger partial charge is 0.225 e. The minimum atomic E-state index is -1.83. The fraction of sp³-hybridized carbons (Fsp3) is 0.385. The molecule has 0 spiro atoms. The van der Waals surface area contributed by atoms with Gasteiger partial charge in [-0.25, -0.2) is 23.7 Å². The summed E-state index contributed by atoms with van der Waals surface area (Å²) in [7, 11) is 0. The third-order valence-electron chi connectivity index (χ3n) is 7.07. The number of hydrogen-bond acceptors (Lipinski definition) is 11. The Balaban J connectivity index is 1.57. The molecule has 0 saturated heterocycles. The van der Waals surface area contributed by atoms with Gasteiger partial charge in [-0.1, -0.05) is 6.07 Å². The Morgan fingerprint density at radius 2 is 1.90 bits per heavy atom. The Hall–Kier alpha value is -3.52. The highest BCUT2D eigenvalue weighted by molar-refractivity contribution is 7.21. The summed E-state index contributed by atoms with van der Waals surface area (Å²) in [4.78, 5) is 17.7. The minimum absolute atomic E-state index is 0.0406. The zero-order chi connectivity index (χ0) is 28.1. The van der Waals surface area contributed by atoms with E-state index in [9.17, 15) is 24.1 Å². The Kier molecular flexibility index (Phi) is 6.87. The molecule has 1 aliphatic rings. The average molecular weight is 558 g/mol. The molecule has 0 radical (unpaired) electrons. The van der Waals surface area contributed by atoms with Crippen molar-refractivity contribution < 1.29 is 24.1 Å². The first-order valence-electron chi connectivity index (χ1n) is 12.3. The number of nitrogens with two attached hydrogens (primary N) is 1. The van der Waals surface area contributed by atoms with Crippen LogP contribution >= 0.6 is 11.3 Å². The van der Waals surface area contributed by atoms with Crippen molar-refractivity contribution in [3.05, 3.63) is 53.4 Å². The molecule has 3 atom stereocenters. The second kappa shape index (κ2) is 9.90. The van der Waals surface area contributed by atoms with E-state index >= 15 is 0 Å². The zero-order valence-electron chi connectivity index (χ0n) is 21.5. The van der Waals surface area contributed by atoms with Gasteiger partial charge in [-0.05, 0) is 51.8 Å². The minimum Gasteiger partial charge on any atom is -0.390 e. The second-order valence-corrected chi connectivity index (χ2v) is 11.3. The fourth-order valence-electron chi connectivity index (χ4n) is 4.94. The van der Waals surface area contributed by atoms with E-state index in [-0.39, 0.29) is 36.1 Å².